The fraction of sp³-hybridized carbons (Fsp3) is 0.250. The molecule has 4 rings (SSSR count). The summed E-state index contributed by atoms with van der Waals surface area (Å²) >= 11 is 0. The van der Waals surface area contributed by atoms with Crippen LogP contribution >= 0.6 is 0 Å². The number of hydrogen-bond acceptors (Lipinski definition) is 4. The first-order valence-corrected chi connectivity index (χ1v) is 8.87. The molecule has 27 heavy (non-hydrogen) atoms. The lowest BCUT2D eigenvalue weighted by molar-refractivity contribution is -0.124. The Labute approximate surface area is 155 Å². The lowest BCUT2D eigenvalue weighted by atomic mass is 10.2. The van der Waals surface area contributed by atoms with E-state index in [1.54, 1.807) is 25.6 Å². The number of nitrogens with zero attached hydrogens (tertiary/aromatic N) is 3. The molecule has 7 heteroatoms. The maximum Gasteiger partial charge on any atom is 0.291 e. The number of amides is 1. The van der Waals surface area contributed by atoms with Gasteiger partial charge in [0, 0.05) is 17.8 Å². The highest BCUT2D eigenvalue weighted by Crippen LogP contribution is 2.30. The standard InChI is InChI=1S/C20H20N4O3/c1-3-16(19(25)21-11-13-7-6-10-27-13)24-17-9-5-4-8-14(17)15-12-22-23(2)20(26)18(15)24/h4-10,12,16H,3,11H2,1-2H3,(H,21,25). The van der Waals surface area contributed by atoms with Crippen LogP contribution in [0.25, 0.3) is 21.8 Å². The number of benzene rings is 1. The van der Waals surface area contributed by atoms with Crippen molar-refractivity contribution in [3.05, 3.63) is 65.0 Å². The van der Waals surface area contributed by atoms with Crippen LogP contribution in [-0.2, 0) is 18.4 Å². The Hall–Kier alpha value is -3.35. The van der Waals surface area contributed by atoms with E-state index in [0.717, 1.165) is 16.3 Å². The number of para-hydroxylation sites is 1. The zero-order chi connectivity index (χ0) is 19.0. The van der Waals surface area contributed by atoms with E-state index in [9.17, 15) is 9.59 Å². The first-order chi connectivity index (χ1) is 13.1. The predicted octanol–water partition coefficient (Wildman–Crippen LogP) is 2.75. The van der Waals surface area contributed by atoms with Crippen LogP contribution in [0, 0.1) is 0 Å². The maximum atomic E-state index is 13.0. The van der Waals surface area contributed by atoms with Crippen molar-refractivity contribution >= 4 is 27.7 Å². The molecule has 7 nitrogen and oxygen atoms in total. The molecule has 0 spiro atoms. The lowest BCUT2D eigenvalue weighted by Gasteiger charge is -2.19. The third-order valence-corrected chi connectivity index (χ3v) is 4.82. The van der Waals surface area contributed by atoms with Crippen molar-refractivity contribution in [2.75, 3.05) is 0 Å². The molecular weight excluding hydrogens is 344 g/mol. The molecule has 1 unspecified atom stereocenters. The highest BCUT2D eigenvalue weighted by Gasteiger charge is 2.25. The van der Waals surface area contributed by atoms with Gasteiger partial charge in [0.05, 0.1) is 24.5 Å². The van der Waals surface area contributed by atoms with Crippen molar-refractivity contribution in [1.29, 1.82) is 0 Å². The molecule has 4 aromatic rings. The number of rotatable bonds is 5. The second-order valence-corrected chi connectivity index (χ2v) is 6.44. The SMILES string of the molecule is CCC(C(=O)NCc1ccco1)n1c2ccccc2c2cnn(C)c(=O)c21. The van der Waals surface area contributed by atoms with Crippen LogP contribution < -0.4 is 10.9 Å². The minimum absolute atomic E-state index is 0.157. The predicted molar refractivity (Wildman–Crippen MR) is 102 cm³/mol. The molecule has 3 aromatic heterocycles. The highest BCUT2D eigenvalue weighted by molar-refractivity contribution is 6.08. The second-order valence-electron chi connectivity index (χ2n) is 6.44. The zero-order valence-electron chi connectivity index (χ0n) is 15.2. The van der Waals surface area contributed by atoms with Gasteiger partial charge in [-0.25, -0.2) is 4.68 Å². The molecule has 0 saturated heterocycles. The summed E-state index contributed by atoms with van der Waals surface area (Å²) in [6.45, 7) is 2.24. The largest absolute Gasteiger partial charge is 0.467 e. The van der Waals surface area contributed by atoms with Crippen LogP contribution in [-0.4, -0.2) is 20.3 Å². The summed E-state index contributed by atoms with van der Waals surface area (Å²) < 4.78 is 8.42. The fourth-order valence-electron chi connectivity index (χ4n) is 3.50. The van der Waals surface area contributed by atoms with Gasteiger partial charge in [-0.15, -0.1) is 0 Å². The number of carbonyl (C=O) groups excluding carboxylic acids is 1. The molecule has 0 fully saturated rings. The summed E-state index contributed by atoms with van der Waals surface area (Å²) in [7, 11) is 1.61. The number of carbonyl (C=O) groups is 1. The van der Waals surface area contributed by atoms with Gasteiger partial charge in [-0.05, 0) is 24.6 Å². The van der Waals surface area contributed by atoms with Gasteiger partial charge in [0.15, 0.2) is 0 Å². The van der Waals surface area contributed by atoms with Gasteiger partial charge < -0.3 is 14.3 Å². The molecule has 1 amide bonds. The Morgan fingerprint density at radius 1 is 1.22 bits per heavy atom. The third-order valence-electron chi connectivity index (χ3n) is 4.82. The summed E-state index contributed by atoms with van der Waals surface area (Å²) in [6.07, 6.45) is 3.80. The van der Waals surface area contributed by atoms with Crippen LogP contribution in [0.1, 0.15) is 25.1 Å². The van der Waals surface area contributed by atoms with Crippen LogP contribution in [0.5, 0.6) is 0 Å². The summed E-state index contributed by atoms with van der Waals surface area (Å²) in [6, 6.07) is 10.8. The smallest absolute Gasteiger partial charge is 0.291 e. The van der Waals surface area contributed by atoms with E-state index >= 15 is 0 Å². The molecule has 1 aromatic carbocycles. The summed E-state index contributed by atoms with van der Waals surface area (Å²) in [5.41, 5.74) is 1.12. The number of aromatic nitrogens is 3. The highest BCUT2D eigenvalue weighted by atomic mass is 16.3. The van der Waals surface area contributed by atoms with Gasteiger partial charge in [0.1, 0.15) is 17.3 Å². The fourth-order valence-corrected chi connectivity index (χ4v) is 3.50. The van der Waals surface area contributed by atoms with E-state index in [-0.39, 0.29) is 11.5 Å². The van der Waals surface area contributed by atoms with Gasteiger partial charge in [-0.2, -0.15) is 5.10 Å². The quantitative estimate of drug-likeness (QED) is 0.590. The third kappa shape index (κ3) is 2.81. The van der Waals surface area contributed by atoms with E-state index in [1.165, 1.54) is 4.68 Å². The first kappa shape index (κ1) is 17.1. The molecule has 1 atom stereocenters. The van der Waals surface area contributed by atoms with Gasteiger partial charge in [0.2, 0.25) is 5.91 Å². The number of fused-ring (bicyclic) bond motifs is 3. The maximum absolute atomic E-state index is 13.0. The van der Waals surface area contributed by atoms with Crippen molar-refractivity contribution in [2.45, 2.75) is 25.9 Å². The zero-order valence-corrected chi connectivity index (χ0v) is 15.2. The second kappa shape index (κ2) is 6.75. The van der Waals surface area contributed by atoms with Crippen molar-refractivity contribution in [3.63, 3.8) is 0 Å². The van der Waals surface area contributed by atoms with E-state index in [2.05, 4.69) is 10.4 Å². The number of furan rings is 1. The number of hydrogen-bond donors (Lipinski definition) is 1. The first-order valence-electron chi connectivity index (χ1n) is 8.87. The number of nitrogens with one attached hydrogen (secondary N) is 1. The molecule has 0 aliphatic heterocycles. The molecule has 0 bridgehead atoms. The Bertz CT molecular complexity index is 1170. The Morgan fingerprint density at radius 2 is 2.04 bits per heavy atom. The van der Waals surface area contributed by atoms with E-state index < -0.39 is 6.04 Å². The van der Waals surface area contributed by atoms with Crippen LogP contribution in [0.3, 0.4) is 0 Å². The molecule has 0 radical (unpaired) electrons. The molecule has 1 N–H and O–H groups in total. The Morgan fingerprint density at radius 3 is 2.78 bits per heavy atom. The monoisotopic (exact) mass is 364 g/mol. The van der Waals surface area contributed by atoms with Crippen LogP contribution in [0.15, 0.2) is 58.1 Å². The molecule has 3 heterocycles. The average molecular weight is 364 g/mol. The Balaban J connectivity index is 1.85. The minimum atomic E-state index is -0.516. The van der Waals surface area contributed by atoms with E-state index in [1.807, 2.05) is 41.8 Å². The van der Waals surface area contributed by atoms with Crippen molar-refractivity contribution < 1.29 is 9.21 Å². The Kier molecular flexibility index (Phi) is 4.27. The van der Waals surface area contributed by atoms with E-state index in [0.29, 0.717) is 24.2 Å². The topological polar surface area (TPSA) is 82.1 Å². The lowest BCUT2D eigenvalue weighted by Crippen LogP contribution is -2.33. The van der Waals surface area contributed by atoms with Crippen molar-refractivity contribution in [3.8, 4) is 0 Å². The van der Waals surface area contributed by atoms with Crippen molar-refractivity contribution in [2.24, 2.45) is 7.05 Å². The molecule has 138 valence electrons. The minimum Gasteiger partial charge on any atom is -0.467 e. The summed E-state index contributed by atoms with van der Waals surface area (Å²) in [5, 5.41) is 8.73. The molecule has 0 aliphatic rings. The molecular formula is C20H20N4O3. The van der Waals surface area contributed by atoms with Gasteiger partial charge in [0.25, 0.3) is 5.56 Å². The average Bonchev–Trinajstić information content (AvgIpc) is 3.31. The van der Waals surface area contributed by atoms with Crippen LogP contribution in [0.2, 0.25) is 0 Å². The summed E-state index contributed by atoms with van der Waals surface area (Å²) in [5.74, 6) is 0.524. The van der Waals surface area contributed by atoms with E-state index in [4.69, 9.17) is 4.42 Å². The van der Waals surface area contributed by atoms with Crippen LogP contribution in [0.4, 0.5) is 0 Å². The van der Waals surface area contributed by atoms with Gasteiger partial charge in [-0.3, -0.25) is 9.59 Å². The molecule has 0 aliphatic carbocycles. The van der Waals surface area contributed by atoms with Gasteiger partial charge >= 0.3 is 0 Å². The normalized spacial score (nSPS) is 12.5. The van der Waals surface area contributed by atoms with Crippen molar-refractivity contribution in [1.82, 2.24) is 19.7 Å². The van der Waals surface area contributed by atoms with Gasteiger partial charge in [-0.1, -0.05) is 25.1 Å². The summed E-state index contributed by atoms with van der Waals surface area (Å²) in [4.78, 5) is 25.8. The molecule has 0 saturated carbocycles. The number of aryl methyl sites for hydroxylation is 1.